The zero-order chi connectivity index (χ0) is 26.8. The maximum atomic E-state index is 12.1. The summed E-state index contributed by atoms with van der Waals surface area (Å²) >= 11 is 0. The molecule has 0 saturated carbocycles. The van der Waals surface area contributed by atoms with Gasteiger partial charge in [-0.2, -0.15) is 0 Å². The van der Waals surface area contributed by atoms with Crippen LogP contribution in [-0.2, 0) is 14.2 Å². The first kappa shape index (κ1) is 31.2. The van der Waals surface area contributed by atoms with Crippen LogP contribution in [0.15, 0.2) is 0 Å². The Balaban J connectivity index is 5.22. The molecule has 0 unspecified atom stereocenters. The third kappa shape index (κ3) is 15.1. The first-order chi connectivity index (χ1) is 15.2. The molecule has 34 heavy (non-hydrogen) atoms. The Labute approximate surface area is 202 Å². The van der Waals surface area contributed by atoms with Crippen LogP contribution in [0, 0.1) is 10.1 Å². The van der Waals surface area contributed by atoms with Crippen molar-refractivity contribution < 1.29 is 33.5 Å². The van der Waals surface area contributed by atoms with Gasteiger partial charge in [-0.05, 0) is 62.3 Å². The van der Waals surface area contributed by atoms with Crippen molar-refractivity contribution >= 4 is 18.3 Å². The molecular weight excluding hydrogens is 448 g/mol. The van der Waals surface area contributed by atoms with E-state index in [0.717, 1.165) is 0 Å². The van der Waals surface area contributed by atoms with E-state index in [-0.39, 0.29) is 38.9 Å². The summed E-state index contributed by atoms with van der Waals surface area (Å²) in [5, 5.41) is 19.7. The highest BCUT2D eigenvalue weighted by molar-refractivity contribution is 5.68. The van der Waals surface area contributed by atoms with Crippen LogP contribution in [0.2, 0.25) is 0 Å². The summed E-state index contributed by atoms with van der Waals surface area (Å²) in [5.74, 6) is 0. The van der Waals surface area contributed by atoms with E-state index >= 15 is 0 Å². The summed E-state index contributed by atoms with van der Waals surface area (Å²) in [6.45, 7) is 15.3. The minimum atomic E-state index is -1.54. The van der Waals surface area contributed by atoms with Crippen molar-refractivity contribution in [3.8, 4) is 0 Å². The number of rotatable bonds is 10. The average molecular weight is 491 g/mol. The maximum absolute atomic E-state index is 12.1. The molecule has 0 rings (SSSR count). The number of nitro groups is 1. The fraction of sp³-hybridized carbons (Fsp3) is 0.864. The van der Waals surface area contributed by atoms with Crippen LogP contribution in [0.3, 0.4) is 0 Å². The van der Waals surface area contributed by atoms with Gasteiger partial charge >= 0.3 is 18.3 Å². The third-order valence-electron chi connectivity index (χ3n) is 4.16. The van der Waals surface area contributed by atoms with Gasteiger partial charge in [-0.25, -0.2) is 14.4 Å². The van der Waals surface area contributed by atoms with Gasteiger partial charge in [0.05, 0.1) is 0 Å². The molecule has 3 N–H and O–H groups in total. The first-order valence-electron chi connectivity index (χ1n) is 11.3. The van der Waals surface area contributed by atoms with Crippen molar-refractivity contribution in [1.29, 1.82) is 0 Å². The summed E-state index contributed by atoms with van der Waals surface area (Å²) in [4.78, 5) is 47.5. The second kappa shape index (κ2) is 12.6. The highest BCUT2D eigenvalue weighted by Gasteiger charge is 2.42. The summed E-state index contributed by atoms with van der Waals surface area (Å²) in [7, 11) is 0. The Kier molecular flexibility index (Phi) is 11.6. The van der Waals surface area contributed by atoms with Gasteiger partial charge < -0.3 is 30.2 Å². The number of hydrogen-bond donors (Lipinski definition) is 3. The zero-order valence-corrected chi connectivity index (χ0v) is 22.0. The van der Waals surface area contributed by atoms with Gasteiger partial charge in [0.15, 0.2) is 0 Å². The van der Waals surface area contributed by atoms with Crippen LogP contribution < -0.4 is 16.0 Å². The Morgan fingerprint density at radius 1 is 0.618 bits per heavy atom. The number of hydrogen-bond acceptors (Lipinski definition) is 8. The van der Waals surface area contributed by atoms with Crippen molar-refractivity contribution in [2.24, 2.45) is 0 Å². The van der Waals surface area contributed by atoms with Gasteiger partial charge in [-0.15, -0.1) is 0 Å². The summed E-state index contributed by atoms with van der Waals surface area (Å²) in [5.41, 5.74) is -3.67. The molecule has 0 aromatic heterocycles. The second-order valence-electron chi connectivity index (χ2n) is 11.0. The van der Waals surface area contributed by atoms with Crippen molar-refractivity contribution in [2.75, 3.05) is 19.6 Å². The lowest BCUT2D eigenvalue weighted by Gasteiger charge is -2.27. The van der Waals surface area contributed by atoms with Crippen LogP contribution in [-0.4, -0.2) is 65.2 Å². The van der Waals surface area contributed by atoms with Crippen molar-refractivity contribution in [1.82, 2.24) is 16.0 Å². The second-order valence-corrected chi connectivity index (χ2v) is 11.0. The molecule has 12 heteroatoms. The summed E-state index contributed by atoms with van der Waals surface area (Å²) in [6.07, 6.45) is -2.22. The first-order valence-corrected chi connectivity index (χ1v) is 11.3. The van der Waals surface area contributed by atoms with Crippen LogP contribution in [0.25, 0.3) is 0 Å². The Morgan fingerprint density at radius 3 is 1.03 bits per heavy atom. The highest BCUT2D eigenvalue weighted by atomic mass is 16.6. The molecule has 3 amide bonds. The van der Waals surface area contributed by atoms with E-state index in [1.165, 1.54) is 0 Å². The maximum Gasteiger partial charge on any atom is 0.407 e. The number of amides is 3. The minimum absolute atomic E-state index is 0.0330. The molecule has 0 radical (unpaired) electrons. The molecule has 0 aromatic rings. The fourth-order valence-corrected chi connectivity index (χ4v) is 2.78. The molecule has 0 saturated heterocycles. The number of nitrogens with one attached hydrogen (secondary N) is 3. The number of carbonyl (C=O) groups is 3. The smallest absolute Gasteiger partial charge is 0.407 e. The van der Waals surface area contributed by atoms with Gasteiger partial charge in [0.1, 0.15) is 16.8 Å². The Hall–Kier alpha value is -2.79. The van der Waals surface area contributed by atoms with Crippen molar-refractivity contribution in [2.45, 2.75) is 104 Å². The van der Waals surface area contributed by atoms with Crippen LogP contribution in [0.4, 0.5) is 14.4 Å². The van der Waals surface area contributed by atoms with Crippen LogP contribution in [0.5, 0.6) is 0 Å². The molecule has 0 bridgehead atoms. The number of nitrogens with zero attached hydrogens (tertiary/aromatic N) is 1. The number of carbonyl (C=O) groups excluding carboxylic acids is 3. The standard InChI is InChI=1S/C22H42N4O8/c1-19(2,3)32-16(27)23-13-10-22(26(30)31,11-14-24-17(28)33-20(4,5)6)12-15-25-18(29)34-21(7,8)9/h10-15H2,1-9H3,(H,23,27)(H,24,28)(H,25,29). The van der Waals surface area contributed by atoms with Gasteiger partial charge in [0.25, 0.3) is 0 Å². The summed E-state index contributed by atoms with van der Waals surface area (Å²) < 4.78 is 15.5. The van der Waals surface area contributed by atoms with Gasteiger partial charge in [0.2, 0.25) is 5.54 Å². The van der Waals surface area contributed by atoms with Crippen molar-refractivity contribution in [3.63, 3.8) is 0 Å². The third-order valence-corrected chi connectivity index (χ3v) is 4.16. The molecule has 0 aliphatic carbocycles. The zero-order valence-electron chi connectivity index (χ0n) is 22.0. The lowest BCUT2D eigenvalue weighted by molar-refractivity contribution is -0.572. The molecule has 0 aliphatic heterocycles. The van der Waals surface area contributed by atoms with E-state index in [9.17, 15) is 24.5 Å². The summed E-state index contributed by atoms with van der Waals surface area (Å²) in [6, 6.07) is 0. The van der Waals surface area contributed by atoms with Gasteiger partial charge in [0, 0.05) is 43.8 Å². The molecular formula is C22H42N4O8. The van der Waals surface area contributed by atoms with Crippen LogP contribution >= 0.6 is 0 Å². The van der Waals surface area contributed by atoms with E-state index in [1.54, 1.807) is 62.3 Å². The molecule has 0 aromatic carbocycles. The van der Waals surface area contributed by atoms with Gasteiger partial charge in [-0.3, -0.25) is 10.1 Å². The molecule has 0 spiro atoms. The monoisotopic (exact) mass is 490 g/mol. The number of ether oxygens (including phenoxy) is 3. The molecule has 0 fully saturated rings. The van der Waals surface area contributed by atoms with Gasteiger partial charge in [-0.1, -0.05) is 0 Å². The lowest BCUT2D eigenvalue weighted by atomic mass is 9.88. The van der Waals surface area contributed by atoms with Crippen molar-refractivity contribution in [3.05, 3.63) is 10.1 Å². The molecule has 0 aliphatic rings. The molecule has 0 atom stereocenters. The predicted octanol–water partition coefficient (Wildman–Crippen LogP) is 3.75. The topological polar surface area (TPSA) is 158 Å². The van der Waals surface area contributed by atoms with E-state index in [0.29, 0.717) is 0 Å². The highest BCUT2D eigenvalue weighted by Crippen LogP contribution is 2.24. The minimum Gasteiger partial charge on any atom is -0.444 e. The fourth-order valence-electron chi connectivity index (χ4n) is 2.78. The molecule has 0 heterocycles. The Morgan fingerprint density at radius 2 is 0.853 bits per heavy atom. The van der Waals surface area contributed by atoms with E-state index < -0.39 is 45.5 Å². The molecule has 12 nitrogen and oxygen atoms in total. The average Bonchev–Trinajstić information content (AvgIpc) is 2.56. The largest absolute Gasteiger partial charge is 0.444 e. The van der Waals surface area contributed by atoms with Crippen LogP contribution in [0.1, 0.15) is 81.6 Å². The van der Waals surface area contributed by atoms with E-state index in [1.807, 2.05) is 0 Å². The normalized spacial score (nSPS) is 12.4. The molecule has 198 valence electrons. The van der Waals surface area contributed by atoms with E-state index in [2.05, 4.69) is 16.0 Å². The number of alkyl carbamates (subject to hydrolysis) is 3. The Bertz CT molecular complexity index is 622. The SMILES string of the molecule is CC(C)(C)OC(=O)NCCC(CCNC(=O)OC(C)(C)C)(CCNC(=O)OC(C)(C)C)[N+](=O)[O-]. The quantitative estimate of drug-likeness (QED) is 0.237. The van der Waals surface area contributed by atoms with E-state index in [4.69, 9.17) is 14.2 Å². The predicted molar refractivity (Wildman–Crippen MR) is 126 cm³/mol. The lowest BCUT2D eigenvalue weighted by Crippen LogP contribution is -2.47.